The standard InChI is InChI=1S/C12H11NS3/c13-9-11(12-14-7-4-8-15-12)16-10-5-2-1-3-6-10/h1-3,5-6H,4,7-8H2. The first-order valence-corrected chi connectivity index (χ1v) is 7.82. The van der Waals surface area contributed by atoms with Crippen LogP contribution in [-0.2, 0) is 0 Å². The highest BCUT2D eigenvalue weighted by Gasteiger charge is 2.13. The Bertz CT molecular complexity index is 412. The molecule has 16 heavy (non-hydrogen) atoms. The topological polar surface area (TPSA) is 23.8 Å². The molecule has 1 aliphatic rings. The third-order valence-corrected chi connectivity index (χ3v) is 5.90. The van der Waals surface area contributed by atoms with Crippen molar-refractivity contribution in [2.45, 2.75) is 11.3 Å². The van der Waals surface area contributed by atoms with Crippen molar-refractivity contribution in [2.24, 2.45) is 0 Å². The third-order valence-electron chi connectivity index (χ3n) is 2.01. The van der Waals surface area contributed by atoms with Crippen LogP contribution in [0.4, 0.5) is 0 Å². The zero-order chi connectivity index (χ0) is 11.2. The molecule has 4 heteroatoms. The van der Waals surface area contributed by atoms with Gasteiger partial charge in [0.2, 0.25) is 0 Å². The van der Waals surface area contributed by atoms with Crippen molar-refractivity contribution >= 4 is 35.3 Å². The van der Waals surface area contributed by atoms with Gasteiger partial charge in [-0.3, -0.25) is 0 Å². The minimum Gasteiger partial charge on any atom is -0.192 e. The molecule has 0 saturated carbocycles. The summed E-state index contributed by atoms with van der Waals surface area (Å²) in [6, 6.07) is 12.4. The zero-order valence-corrected chi connectivity index (χ0v) is 11.1. The van der Waals surface area contributed by atoms with Gasteiger partial charge in [-0.1, -0.05) is 30.0 Å². The van der Waals surface area contributed by atoms with E-state index in [1.54, 1.807) is 11.8 Å². The number of thioether (sulfide) groups is 3. The van der Waals surface area contributed by atoms with E-state index in [-0.39, 0.29) is 0 Å². The van der Waals surface area contributed by atoms with Crippen LogP contribution in [0.3, 0.4) is 0 Å². The maximum atomic E-state index is 9.18. The number of nitriles is 1. The number of benzene rings is 1. The molecule has 1 aromatic rings. The van der Waals surface area contributed by atoms with E-state index in [4.69, 9.17) is 0 Å². The van der Waals surface area contributed by atoms with Crippen LogP contribution >= 0.6 is 35.3 Å². The second kappa shape index (κ2) is 6.29. The van der Waals surface area contributed by atoms with Gasteiger partial charge in [0.05, 0.1) is 4.24 Å². The van der Waals surface area contributed by atoms with E-state index in [2.05, 4.69) is 6.07 Å². The van der Waals surface area contributed by atoms with Crippen LogP contribution < -0.4 is 0 Å². The first-order chi connectivity index (χ1) is 7.90. The van der Waals surface area contributed by atoms with Crippen LogP contribution in [0.1, 0.15) is 6.42 Å². The summed E-state index contributed by atoms with van der Waals surface area (Å²) >= 11 is 5.20. The predicted molar refractivity (Wildman–Crippen MR) is 74.5 cm³/mol. The van der Waals surface area contributed by atoms with Crippen LogP contribution in [-0.4, -0.2) is 11.5 Å². The summed E-state index contributed by atoms with van der Waals surface area (Å²) < 4.78 is 1.20. The molecule has 0 bridgehead atoms. The maximum absolute atomic E-state index is 9.18. The summed E-state index contributed by atoms with van der Waals surface area (Å²) in [7, 11) is 0. The van der Waals surface area contributed by atoms with Gasteiger partial charge in [0.15, 0.2) is 0 Å². The molecule has 0 aromatic heterocycles. The fraction of sp³-hybridized carbons (Fsp3) is 0.250. The molecule has 0 spiro atoms. The smallest absolute Gasteiger partial charge is 0.110 e. The van der Waals surface area contributed by atoms with Gasteiger partial charge in [0, 0.05) is 4.90 Å². The Morgan fingerprint density at radius 2 is 1.88 bits per heavy atom. The van der Waals surface area contributed by atoms with Gasteiger partial charge in [-0.05, 0) is 30.1 Å². The Hall–Kier alpha value is -0.500. The van der Waals surface area contributed by atoms with Gasteiger partial charge in [-0.2, -0.15) is 5.26 Å². The van der Waals surface area contributed by atoms with Gasteiger partial charge >= 0.3 is 0 Å². The van der Waals surface area contributed by atoms with Crippen LogP contribution in [0.25, 0.3) is 0 Å². The van der Waals surface area contributed by atoms with Crippen molar-refractivity contribution in [3.05, 3.63) is 39.5 Å². The molecule has 82 valence electrons. The molecule has 0 aliphatic carbocycles. The van der Waals surface area contributed by atoms with E-state index < -0.39 is 0 Å². The van der Waals surface area contributed by atoms with E-state index in [1.807, 2.05) is 53.9 Å². The lowest BCUT2D eigenvalue weighted by Crippen LogP contribution is -1.93. The molecule has 1 saturated heterocycles. The zero-order valence-electron chi connectivity index (χ0n) is 8.68. The van der Waals surface area contributed by atoms with E-state index in [9.17, 15) is 5.26 Å². The lowest BCUT2D eigenvalue weighted by atomic mass is 10.4. The number of hydrogen-bond donors (Lipinski definition) is 0. The number of rotatable bonds is 2. The summed E-state index contributed by atoms with van der Waals surface area (Å²) in [6.07, 6.45) is 1.24. The predicted octanol–water partition coefficient (Wildman–Crippen LogP) is 4.34. The van der Waals surface area contributed by atoms with Crippen molar-refractivity contribution in [3.63, 3.8) is 0 Å². The van der Waals surface area contributed by atoms with Gasteiger partial charge in [-0.15, -0.1) is 23.5 Å². The molecule has 1 aromatic carbocycles. The SMILES string of the molecule is N#CC(Sc1ccccc1)=C1SCCCS1. The fourth-order valence-electron chi connectivity index (χ4n) is 1.28. The molecule has 0 amide bonds. The molecule has 0 radical (unpaired) electrons. The Kier molecular flexibility index (Phi) is 4.70. The third kappa shape index (κ3) is 3.24. The Morgan fingerprint density at radius 3 is 2.50 bits per heavy atom. The van der Waals surface area contributed by atoms with Crippen LogP contribution in [0.2, 0.25) is 0 Å². The van der Waals surface area contributed by atoms with E-state index >= 15 is 0 Å². The van der Waals surface area contributed by atoms with Crippen molar-refractivity contribution in [1.82, 2.24) is 0 Å². The highest BCUT2D eigenvalue weighted by molar-refractivity contribution is 8.23. The molecule has 2 rings (SSSR count). The first kappa shape index (κ1) is 12.0. The average molecular weight is 265 g/mol. The molecule has 1 fully saturated rings. The summed E-state index contributed by atoms with van der Waals surface area (Å²) in [6.45, 7) is 0. The van der Waals surface area contributed by atoms with E-state index in [1.165, 1.54) is 10.7 Å². The van der Waals surface area contributed by atoms with Crippen molar-refractivity contribution in [3.8, 4) is 6.07 Å². The molecule has 1 nitrogen and oxygen atoms in total. The monoisotopic (exact) mass is 265 g/mol. The van der Waals surface area contributed by atoms with Crippen molar-refractivity contribution in [1.29, 1.82) is 5.26 Å². The maximum Gasteiger partial charge on any atom is 0.110 e. The number of allylic oxidation sites excluding steroid dienone is 1. The largest absolute Gasteiger partial charge is 0.192 e. The molecule has 1 aliphatic heterocycles. The Labute approximate surface area is 109 Å². The van der Waals surface area contributed by atoms with Crippen LogP contribution in [0.5, 0.6) is 0 Å². The van der Waals surface area contributed by atoms with Gasteiger partial charge in [-0.25, -0.2) is 0 Å². The second-order valence-electron chi connectivity index (χ2n) is 3.19. The highest BCUT2D eigenvalue weighted by Crippen LogP contribution is 2.42. The van der Waals surface area contributed by atoms with Gasteiger partial charge < -0.3 is 0 Å². The molecule has 1 heterocycles. The normalized spacial score (nSPS) is 15.6. The quantitative estimate of drug-likeness (QED) is 0.586. The minimum absolute atomic E-state index is 0.848. The second-order valence-corrected chi connectivity index (χ2v) is 6.75. The van der Waals surface area contributed by atoms with E-state index in [0.717, 1.165) is 21.3 Å². The summed E-state index contributed by atoms with van der Waals surface area (Å²) in [5.74, 6) is 2.28. The van der Waals surface area contributed by atoms with Gasteiger partial charge in [0.25, 0.3) is 0 Å². The minimum atomic E-state index is 0.848. The lowest BCUT2D eigenvalue weighted by Gasteiger charge is -2.14. The summed E-state index contributed by atoms with van der Waals surface area (Å²) in [5, 5.41) is 9.18. The van der Waals surface area contributed by atoms with E-state index in [0.29, 0.717) is 0 Å². The highest BCUT2D eigenvalue weighted by atomic mass is 32.2. The first-order valence-electron chi connectivity index (χ1n) is 5.03. The fourth-order valence-corrected chi connectivity index (χ4v) is 4.86. The summed E-state index contributed by atoms with van der Waals surface area (Å²) in [5.41, 5.74) is 0. The molecular formula is C12H11NS3. The van der Waals surface area contributed by atoms with Crippen LogP contribution in [0.15, 0.2) is 44.4 Å². The van der Waals surface area contributed by atoms with Crippen LogP contribution in [0, 0.1) is 11.3 Å². The summed E-state index contributed by atoms with van der Waals surface area (Å²) in [4.78, 5) is 1.99. The van der Waals surface area contributed by atoms with Gasteiger partial charge in [0.1, 0.15) is 11.0 Å². The molecular weight excluding hydrogens is 254 g/mol. The Morgan fingerprint density at radius 1 is 1.19 bits per heavy atom. The van der Waals surface area contributed by atoms with Crippen molar-refractivity contribution < 1.29 is 0 Å². The lowest BCUT2D eigenvalue weighted by molar-refractivity contribution is 1.12. The number of hydrogen-bond acceptors (Lipinski definition) is 4. The molecule has 0 atom stereocenters. The average Bonchev–Trinajstić information content (AvgIpc) is 2.38. The molecule has 0 unspecified atom stereocenters. The number of nitrogens with zero attached hydrogens (tertiary/aromatic N) is 1. The Balaban J connectivity index is 2.14. The van der Waals surface area contributed by atoms with Crippen molar-refractivity contribution in [2.75, 3.05) is 11.5 Å². The molecule has 0 N–H and O–H groups in total.